The summed E-state index contributed by atoms with van der Waals surface area (Å²) in [6.45, 7) is 11.2. The molecule has 2 aliphatic heterocycles. The number of nitrogens with one attached hydrogen (secondary N) is 1. The van der Waals surface area contributed by atoms with Gasteiger partial charge >= 0.3 is 0 Å². The highest BCUT2D eigenvalue weighted by atomic mass is 32.2. The highest BCUT2D eigenvalue weighted by molar-refractivity contribution is 7.89. The second-order valence-corrected chi connectivity index (χ2v) is 12.2. The average molecular weight is 498 g/mol. The molecule has 2 heterocycles. The zero-order chi connectivity index (χ0) is 25.2. The van der Waals surface area contributed by atoms with Crippen molar-refractivity contribution in [3.63, 3.8) is 0 Å². The second-order valence-electron chi connectivity index (χ2n) is 10.3. The Balaban J connectivity index is 1.37. The fourth-order valence-electron chi connectivity index (χ4n) is 5.70. The van der Waals surface area contributed by atoms with Crippen LogP contribution in [0, 0.1) is 33.6 Å². The number of likely N-dealkylation sites (tertiary alicyclic amines) is 1. The maximum Gasteiger partial charge on any atom is 0.243 e. The summed E-state index contributed by atoms with van der Waals surface area (Å²) in [6.07, 6.45) is 3.49. The van der Waals surface area contributed by atoms with Crippen molar-refractivity contribution in [2.75, 3.05) is 32.7 Å². The molecule has 4 rings (SSSR count). The number of carbonyl (C=O) groups is 1. The molecule has 6 nitrogen and oxygen atoms in total. The molecule has 0 aromatic heterocycles. The molecule has 1 unspecified atom stereocenters. The fourth-order valence-corrected chi connectivity index (χ4v) is 7.58. The van der Waals surface area contributed by atoms with Crippen molar-refractivity contribution in [3.05, 3.63) is 64.2 Å². The van der Waals surface area contributed by atoms with Gasteiger partial charge in [0.1, 0.15) is 0 Å². The Morgan fingerprint density at radius 1 is 0.914 bits per heavy atom. The van der Waals surface area contributed by atoms with Crippen LogP contribution in [-0.2, 0) is 14.8 Å². The SMILES string of the molecule is Cc1ccc(C(CNC(=O)C2CCN(S(=O)(=O)c3c(C)cc(C)cc3C)CC2)N2CCCC2)cc1. The predicted octanol–water partition coefficient (Wildman–Crippen LogP) is 4.27. The van der Waals surface area contributed by atoms with Crippen LogP contribution in [0.2, 0.25) is 0 Å². The number of rotatable bonds is 7. The zero-order valence-electron chi connectivity index (χ0n) is 21.5. The van der Waals surface area contributed by atoms with Crippen molar-refractivity contribution in [1.82, 2.24) is 14.5 Å². The Morgan fingerprint density at radius 2 is 1.49 bits per heavy atom. The van der Waals surface area contributed by atoms with E-state index in [0.717, 1.165) is 29.8 Å². The van der Waals surface area contributed by atoms with Gasteiger partial charge in [0.15, 0.2) is 0 Å². The standard InChI is InChI=1S/C28H39N3O3S/c1-20-7-9-24(10-8-20)26(30-13-5-6-14-30)19-29-28(32)25-11-15-31(16-12-25)35(33,34)27-22(3)17-21(2)18-23(27)4/h7-10,17-18,25-26H,5-6,11-16,19H2,1-4H3,(H,29,32). The second kappa shape index (κ2) is 10.8. The Bertz CT molecular complexity index is 1120. The number of piperidine rings is 1. The van der Waals surface area contributed by atoms with Gasteiger partial charge in [-0.1, -0.05) is 47.5 Å². The van der Waals surface area contributed by atoms with Gasteiger partial charge < -0.3 is 5.32 Å². The Kier molecular flexibility index (Phi) is 7.99. The third-order valence-corrected chi connectivity index (χ3v) is 9.75. The third kappa shape index (κ3) is 5.79. The lowest BCUT2D eigenvalue weighted by atomic mass is 9.96. The van der Waals surface area contributed by atoms with E-state index in [0.29, 0.717) is 37.4 Å². The van der Waals surface area contributed by atoms with Crippen LogP contribution in [-0.4, -0.2) is 56.3 Å². The number of benzene rings is 2. The molecule has 1 amide bonds. The molecule has 2 fully saturated rings. The number of amides is 1. The van der Waals surface area contributed by atoms with Gasteiger partial charge in [0.25, 0.3) is 0 Å². The largest absolute Gasteiger partial charge is 0.354 e. The number of aryl methyl sites for hydroxylation is 4. The molecule has 0 radical (unpaired) electrons. The molecule has 7 heteroatoms. The van der Waals surface area contributed by atoms with Crippen LogP contribution in [0.4, 0.5) is 0 Å². The molecule has 2 saturated heterocycles. The molecule has 2 aromatic rings. The molecule has 0 aliphatic carbocycles. The van der Waals surface area contributed by atoms with E-state index < -0.39 is 10.0 Å². The molecule has 0 bridgehead atoms. The van der Waals surface area contributed by atoms with Crippen molar-refractivity contribution < 1.29 is 13.2 Å². The highest BCUT2D eigenvalue weighted by Gasteiger charge is 2.34. The van der Waals surface area contributed by atoms with Gasteiger partial charge in [-0.15, -0.1) is 0 Å². The summed E-state index contributed by atoms with van der Waals surface area (Å²) in [5.41, 5.74) is 5.10. The molecule has 1 atom stereocenters. The Labute approximate surface area is 210 Å². The van der Waals surface area contributed by atoms with Crippen LogP contribution >= 0.6 is 0 Å². The summed E-state index contributed by atoms with van der Waals surface area (Å²) >= 11 is 0. The summed E-state index contributed by atoms with van der Waals surface area (Å²) < 4.78 is 28.3. The maximum atomic E-state index is 13.4. The summed E-state index contributed by atoms with van der Waals surface area (Å²) in [6, 6.07) is 12.6. The minimum absolute atomic E-state index is 0.0426. The van der Waals surface area contributed by atoms with Crippen molar-refractivity contribution in [2.24, 2.45) is 5.92 Å². The quantitative estimate of drug-likeness (QED) is 0.620. The smallest absolute Gasteiger partial charge is 0.243 e. The average Bonchev–Trinajstić information content (AvgIpc) is 3.34. The van der Waals surface area contributed by atoms with Crippen LogP contribution in [0.25, 0.3) is 0 Å². The first-order chi connectivity index (χ1) is 16.7. The van der Waals surface area contributed by atoms with Gasteiger partial charge in [-0.25, -0.2) is 8.42 Å². The lowest BCUT2D eigenvalue weighted by molar-refractivity contribution is -0.126. The maximum absolute atomic E-state index is 13.4. The monoisotopic (exact) mass is 497 g/mol. The minimum atomic E-state index is -3.57. The van der Waals surface area contributed by atoms with Crippen LogP contribution < -0.4 is 5.32 Å². The Hall–Kier alpha value is -2.22. The molecule has 190 valence electrons. The first-order valence-corrected chi connectivity index (χ1v) is 14.3. The lowest BCUT2D eigenvalue weighted by Gasteiger charge is -2.32. The van der Waals surface area contributed by atoms with Crippen LogP contribution in [0.1, 0.15) is 59.5 Å². The fraction of sp³-hybridized carbons (Fsp3) is 0.536. The third-order valence-electron chi connectivity index (χ3n) is 7.54. The van der Waals surface area contributed by atoms with Gasteiger partial charge in [-0.3, -0.25) is 9.69 Å². The van der Waals surface area contributed by atoms with Gasteiger partial charge in [-0.2, -0.15) is 4.31 Å². The molecular formula is C28H39N3O3S. The van der Waals surface area contributed by atoms with E-state index in [-0.39, 0.29) is 17.9 Å². The van der Waals surface area contributed by atoms with Crippen LogP contribution in [0.15, 0.2) is 41.3 Å². The number of carbonyl (C=O) groups excluding carboxylic acids is 1. The number of nitrogens with zero attached hydrogens (tertiary/aromatic N) is 2. The minimum Gasteiger partial charge on any atom is -0.354 e. The van der Waals surface area contributed by atoms with Gasteiger partial charge in [-0.05, 0) is 83.2 Å². The number of sulfonamides is 1. The summed E-state index contributed by atoms with van der Waals surface area (Å²) in [4.78, 5) is 16.0. The van der Waals surface area contributed by atoms with E-state index in [1.54, 1.807) is 4.31 Å². The number of hydrogen-bond acceptors (Lipinski definition) is 4. The van der Waals surface area contributed by atoms with Gasteiger partial charge in [0, 0.05) is 25.6 Å². The van der Waals surface area contributed by atoms with Gasteiger partial charge in [0.05, 0.1) is 10.9 Å². The first kappa shape index (κ1) is 25.9. The molecule has 1 N–H and O–H groups in total. The van der Waals surface area contributed by atoms with E-state index in [9.17, 15) is 13.2 Å². The first-order valence-electron chi connectivity index (χ1n) is 12.8. The van der Waals surface area contributed by atoms with Crippen molar-refractivity contribution in [3.8, 4) is 0 Å². The van der Waals surface area contributed by atoms with Crippen LogP contribution in [0.3, 0.4) is 0 Å². The molecule has 2 aliphatic rings. The summed E-state index contributed by atoms with van der Waals surface area (Å²) in [7, 11) is -3.57. The van der Waals surface area contributed by atoms with Crippen LogP contribution in [0.5, 0.6) is 0 Å². The number of hydrogen-bond donors (Lipinski definition) is 1. The normalized spacial score (nSPS) is 19.1. The summed E-state index contributed by atoms with van der Waals surface area (Å²) in [5.74, 6) is -0.111. The molecule has 35 heavy (non-hydrogen) atoms. The van der Waals surface area contributed by atoms with E-state index in [1.165, 1.54) is 24.0 Å². The van der Waals surface area contributed by atoms with E-state index in [1.807, 2.05) is 32.9 Å². The molecule has 2 aromatic carbocycles. The molecule has 0 saturated carbocycles. The molecule has 0 spiro atoms. The Morgan fingerprint density at radius 3 is 2.06 bits per heavy atom. The summed E-state index contributed by atoms with van der Waals surface area (Å²) in [5, 5.41) is 3.20. The molecular weight excluding hydrogens is 458 g/mol. The topological polar surface area (TPSA) is 69.7 Å². The van der Waals surface area contributed by atoms with E-state index >= 15 is 0 Å². The highest BCUT2D eigenvalue weighted by Crippen LogP contribution is 2.29. The lowest BCUT2D eigenvalue weighted by Crippen LogP contribution is -2.45. The van der Waals surface area contributed by atoms with Crippen molar-refractivity contribution in [2.45, 2.75) is 64.3 Å². The van der Waals surface area contributed by atoms with Gasteiger partial charge in [0.2, 0.25) is 15.9 Å². The van der Waals surface area contributed by atoms with E-state index in [4.69, 9.17) is 0 Å². The predicted molar refractivity (Wildman–Crippen MR) is 140 cm³/mol. The van der Waals surface area contributed by atoms with Crippen molar-refractivity contribution >= 4 is 15.9 Å². The zero-order valence-corrected chi connectivity index (χ0v) is 22.3. The van der Waals surface area contributed by atoms with E-state index in [2.05, 4.69) is 41.4 Å². The van der Waals surface area contributed by atoms with Crippen molar-refractivity contribution in [1.29, 1.82) is 0 Å².